The lowest BCUT2D eigenvalue weighted by Crippen LogP contribution is -2.54. The monoisotopic (exact) mass is 503 g/mol. The zero-order valence-electron chi connectivity index (χ0n) is 16.4. The van der Waals surface area contributed by atoms with Gasteiger partial charge in [-0.3, -0.25) is 14.9 Å². The molecule has 2 aromatic rings. The smallest absolute Gasteiger partial charge is 0.335 e. The zero-order chi connectivity index (χ0) is 22.7. The maximum absolute atomic E-state index is 13.0. The van der Waals surface area contributed by atoms with E-state index in [1.165, 1.54) is 25.3 Å². The highest BCUT2D eigenvalue weighted by atomic mass is 79.9. The molecule has 1 N–H and O–H groups in total. The van der Waals surface area contributed by atoms with Crippen molar-refractivity contribution in [3.63, 3.8) is 0 Å². The molecule has 3 rings (SSSR count). The molecule has 31 heavy (non-hydrogen) atoms. The van der Waals surface area contributed by atoms with Crippen LogP contribution in [-0.2, 0) is 9.59 Å². The molecule has 0 atom stereocenters. The van der Waals surface area contributed by atoms with Crippen LogP contribution < -0.4 is 19.7 Å². The third-order valence-corrected chi connectivity index (χ3v) is 5.48. The van der Waals surface area contributed by atoms with Crippen molar-refractivity contribution in [2.45, 2.75) is 6.92 Å². The minimum absolute atomic E-state index is 0.180. The Morgan fingerprint density at radius 3 is 2.61 bits per heavy atom. The number of amides is 4. The Morgan fingerprint density at radius 2 is 1.97 bits per heavy atom. The van der Waals surface area contributed by atoms with Crippen molar-refractivity contribution in [1.29, 1.82) is 5.26 Å². The molecule has 2 aromatic carbocycles. The Balaban J connectivity index is 2.04. The molecule has 1 fully saturated rings. The lowest BCUT2D eigenvalue weighted by Gasteiger charge is -2.26. The first-order valence-electron chi connectivity index (χ1n) is 8.81. The number of rotatable bonds is 5. The number of imide groups is 2. The maximum Gasteiger partial charge on any atom is 0.335 e. The first kappa shape index (κ1) is 22.3. The molecule has 8 nitrogen and oxygen atoms in total. The molecule has 0 aliphatic carbocycles. The van der Waals surface area contributed by atoms with E-state index in [0.29, 0.717) is 26.6 Å². The van der Waals surface area contributed by atoms with Crippen LogP contribution in [0.15, 0.2) is 40.4 Å². The number of barbiturate groups is 1. The van der Waals surface area contributed by atoms with Gasteiger partial charge in [-0.15, -0.1) is 0 Å². The molecular formula is C21H15BrClN3O5. The van der Waals surface area contributed by atoms with Crippen LogP contribution in [0, 0.1) is 18.3 Å². The number of carbonyl (C=O) groups is 3. The predicted molar refractivity (Wildman–Crippen MR) is 117 cm³/mol. The van der Waals surface area contributed by atoms with Crippen molar-refractivity contribution in [1.82, 2.24) is 5.32 Å². The average Bonchev–Trinajstić information content (AvgIpc) is 2.73. The Kier molecular flexibility index (Phi) is 6.63. The van der Waals surface area contributed by atoms with Crippen molar-refractivity contribution in [2.75, 3.05) is 18.6 Å². The number of anilines is 1. The fourth-order valence-corrected chi connectivity index (χ4v) is 3.42. The molecule has 0 radical (unpaired) electrons. The van der Waals surface area contributed by atoms with E-state index >= 15 is 0 Å². The average molecular weight is 505 g/mol. The topological polar surface area (TPSA) is 109 Å². The second-order valence-electron chi connectivity index (χ2n) is 6.36. The number of ether oxygens (including phenoxy) is 2. The predicted octanol–water partition coefficient (Wildman–Crippen LogP) is 3.99. The molecule has 1 aliphatic heterocycles. The SMILES string of the molecule is COc1cc(/C=C2/C(=O)NC(=O)N(c3ccc(C)c(Cl)c3)C2=O)c(Br)cc1OCC#N. The highest BCUT2D eigenvalue weighted by molar-refractivity contribution is 9.10. The normalized spacial score (nSPS) is 15.0. The number of carbonyl (C=O) groups excluding carboxylic acids is 3. The molecule has 0 aromatic heterocycles. The van der Waals surface area contributed by atoms with Gasteiger partial charge in [0.25, 0.3) is 11.8 Å². The number of hydrogen-bond acceptors (Lipinski definition) is 6. The summed E-state index contributed by atoms with van der Waals surface area (Å²) in [7, 11) is 1.42. The van der Waals surface area contributed by atoms with Gasteiger partial charge in [0, 0.05) is 9.50 Å². The van der Waals surface area contributed by atoms with E-state index in [-0.39, 0.29) is 17.9 Å². The van der Waals surface area contributed by atoms with E-state index in [0.717, 1.165) is 10.5 Å². The van der Waals surface area contributed by atoms with Crippen molar-refractivity contribution >= 4 is 57.1 Å². The van der Waals surface area contributed by atoms with E-state index in [1.807, 2.05) is 6.07 Å². The fraction of sp³-hybridized carbons (Fsp3) is 0.143. The largest absolute Gasteiger partial charge is 0.493 e. The number of nitrogens with one attached hydrogen (secondary N) is 1. The Labute approximate surface area is 191 Å². The molecule has 4 amide bonds. The number of benzene rings is 2. The fourth-order valence-electron chi connectivity index (χ4n) is 2.81. The van der Waals surface area contributed by atoms with Crippen LogP contribution in [0.4, 0.5) is 10.5 Å². The van der Waals surface area contributed by atoms with E-state index in [9.17, 15) is 14.4 Å². The summed E-state index contributed by atoms with van der Waals surface area (Å²) in [5.74, 6) is -1.03. The minimum Gasteiger partial charge on any atom is -0.493 e. The summed E-state index contributed by atoms with van der Waals surface area (Å²) in [5, 5.41) is 11.2. The summed E-state index contributed by atoms with van der Waals surface area (Å²) in [6, 6.07) is 8.78. The van der Waals surface area contributed by atoms with E-state index in [1.54, 1.807) is 25.1 Å². The summed E-state index contributed by atoms with van der Waals surface area (Å²) >= 11 is 9.48. The molecular weight excluding hydrogens is 490 g/mol. The molecule has 0 unspecified atom stereocenters. The highest BCUT2D eigenvalue weighted by Crippen LogP contribution is 2.35. The molecule has 1 aliphatic rings. The molecule has 0 saturated carbocycles. The molecule has 1 heterocycles. The number of aryl methyl sites for hydroxylation is 1. The summed E-state index contributed by atoms with van der Waals surface area (Å²) in [5.41, 5.74) is 1.17. The first-order chi connectivity index (χ1) is 14.8. The lowest BCUT2D eigenvalue weighted by molar-refractivity contribution is -0.122. The van der Waals surface area contributed by atoms with Crippen LogP contribution in [0.5, 0.6) is 11.5 Å². The quantitative estimate of drug-likeness (QED) is 0.487. The summed E-state index contributed by atoms with van der Waals surface area (Å²) in [6.07, 6.45) is 1.33. The van der Waals surface area contributed by atoms with E-state index in [4.69, 9.17) is 26.3 Å². The van der Waals surface area contributed by atoms with Crippen LogP contribution in [0.3, 0.4) is 0 Å². The van der Waals surface area contributed by atoms with Crippen LogP contribution in [0.2, 0.25) is 5.02 Å². The molecule has 0 spiro atoms. The Hall–Kier alpha value is -3.35. The van der Waals surface area contributed by atoms with E-state index < -0.39 is 17.8 Å². The molecule has 1 saturated heterocycles. The number of halogens is 2. The highest BCUT2D eigenvalue weighted by Gasteiger charge is 2.37. The summed E-state index contributed by atoms with van der Waals surface area (Å²) in [6.45, 7) is 1.61. The molecule has 0 bridgehead atoms. The Bertz CT molecular complexity index is 1170. The summed E-state index contributed by atoms with van der Waals surface area (Å²) in [4.78, 5) is 38.7. The Morgan fingerprint density at radius 1 is 1.23 bits per heavy atom. The maximum atomic E-state index is 13.0. The van der Waals surface area contributed by atoms with Gasteiger partial charge in [-0.25, -0.2) is 9.69 Å². The second kappa shape index (κ2) is 9.20. The van der Waals surface area contributed by atoms with Gasteiger partial charge in [0.15, 0.2) is 18.1 Å². The number of nitrogens with zero attached hydrogens (tertiary/aromatic N) is 2. The minimum atomic E-state index is -0.871. The zero-order valence-corrected chi connectivity index (χ0v) is 18.7. The van der Waals surface area contributed by atoms with Gasteiger partial charge < -0.3 is 9.47 Å². The van der Waals surface area contributed by atoms with Crippen molar-refractivity contribution in [3.05, 3.63) is 56.5 Å². The van der Waals surface area contributed by atoms with Crippen molar-refractivity contribution in [3.8, 4) is 17.6 Å². The third kappa shape index (κ3) is 4.55. The van der Waals surface area contributed by atoms with Gasteiger partial charge in [-0.1, -0.05) is 33.6 Å². The number of hydrogen-bond donors (Lipinski definition) is 1. The third-order valence-electron chi connectivity index (χ3n) is 4.39. The van der Waals surface area contributed by atoms with Crippen LogP contribution >= 0.6 is 27.5 Å². The van der Waals surface area contributed by atoms with Gasteiger partial charge in [0.05, 0.1) is 12.8 Å². The van der Waals surface area contributed by atoms with Crippen molar-refractivity contribution < 1.29 is 23.9 Å². The number of urea groups is 1. The van der Waals surface area contributed by atoms with Crippen molar-refractivity contribution in [2.24, 2.45) is 0 Å². The van der Waals surface area contributed by atoms with Gasteiger partial charge in [-0.05, 0) is 48.4 Å². The van der Waals surface area contributed by atoms with Gasteiger partial charge >= 0.3 is 6.03 Å². The van der Waals surface area contributed by atoms with Gasteiger partial charge in [0.1, 0.15) is 11.6 Å². The number of methoxy groups -OCH3 is 1. The second-order valence-corrected chi connectivity index (χ2v) is 7.62. The lowest BCUT2D eigenvalue weighted by atomic mass is 10.1. The van der Waals surface area contributed by atoms with Crippen LogP contribution in [0.25, 0.3) is 6.08 Å². The van der Waals surface area contributed by atoms with Crippen LogP contribution in [-0.4, -0.2) is 31.6 Å². The first-order valence-corrected chi connectivity index (χ1v) is 9.98. The standard InChI is InChI=1S/C21H15BrClN3O5/c1-11-3-4-13(9-16(11)23)26-20(28)14(19(27)25-21(26)29)7-12-8-17(30-2)18(10-15(12)22)31-6-5-24/h3-4,7-10H,6H2,1-2H3,(H,25,27,29)/b14-7-. The molecule has 10 heteroatoms. The van der Waals surface area contributed by atoms with Gasteiger partial charge in [-0.2, -0.15) is 5.26 Å². The van der Waals surface area contributed by atoms with Gasteiger partial charge in [0.2, 0.25) is 0 Å². The summed E-state index contributed by atoms with van der Waals surface area (Å²) < 4.78 is 11.1. The molecule has 158 valence electrons. The number of nitriles is 1. The van der Waals surface area contributed by atoms with E-state index in [2.05, 4.69) is 21.2 Å². The van der Waals surface area contributed by atoms with Crippen LogP contribution in [0.1, 0.15) is 11.1 Å².